The van der Waals surface area contributed by atoms with E-state index in [1.165, 1.54) is 9.30 Å². The zero-order valence-electron chi connectivity index (χ0n) is 11.2. The van der Waals surface area contributed by atoms with Gasteiger partial charge in [-0.1, -0.05) is 17.7 Å². The van der Waals surface area contributed by atoms with Crippen LogP contribution in [0.1, 0.15) is 0 Å². The van der Waals surface area contributed by atoms with Gasteiger partial charge in [-0.25, -0.2) is 13.4 Å². The van der Waals surface area contributed by atoms with Gasteiger partial charge in [-0.15, -0.1) is 0 Å². The van der Waals surface area contributed by atoms with Gasteiger partial charge in [0.1, 0.15) is 5.65 Å². The van der Waals surface area contributed by atoms with Crippen LogP contribution in [0.5, 0.6) is 0 Å². The summed E-state index contributed by atoms with van der Waals surface area (Å²) in [5.41, 5.74) is 0.446. The minimum atomic E-state index is -3.88. The molecule has 1 amide bonds. The number of hydrogen-bond donors (Lipinski definition) is 0. The molecule has 0 saturated carbocycles. The molecule has 0 atom stereocenters. The summed E-state index contributed by atoms with van der Waals surface area (Å²) < 4.78 is 28.0. The second-order valence-corrected chi connectivity index (χ2v) is 7.00. The predicted molar refractivity (Wildman–Crippen MR) is 76.6 cm³/mol. The molecule has 1 saturated heterocycles. The third-order valence-corrected chi connectivity index (χ3v) is 5.70. The molecule has 21 heavy (non-hydrogen) atoms. The van der Waals surface area contributed by atoms with Crippen molar-refractivity contribution >= 4 is 33.2 Å². The van der Waals surface area contributed by atoms with E-state index >= 15 is 0 Å². The smallest absolute Gasteiger partial charge is 0.262 e. The minimum Gasteiger partial charge on any atom is -0.343 e. The molecule has 2 aromatic heterocycles. The van der Waals surface area contributed by atoms with Gasteiger partial charge in [0.25, 0.3) is 10.0 Å². The molecule has 0 aromatic carbocycles. The molecule has 3 rings (SSSR count). The van der Waals surface area contributed by atoms with Gasteiger partial charge in [-0.05, 0) is 12.1 Å². The van der Waals surface area contributed by atoms with Crippen LogP contribution in [-0.4, -0.2) is 59.6 Å². The summed E-state index contributed by atoms with van der Waals surface area (Å²) in [6.07, 6.45) is 1.58. The highest BCUT2D eigenvalue weighted by molar-refractivity contribution is 7.89. The number of piperazine rings is 1. The molecule has 3 heterocycles. The maximum atomic E-state index is 12.7. The Bertz CT molecular complexity index is 817. The highest BCUT2D eigenvalue weighted by atomic mass is 35.5. The van der Waals surface area contributed by atoms with E-state index in [-0.39, 0.29) is 29.2 Å². The standard InChI is InChI=1S/C12H13ClN4O3S/c1-15-6-7-16(8-10(15)18)21(19,20)12-11(13)14-9-4-2-3-5-17(9)12/h2-5H,6-8H2,1H3. The minimum absolute atomic E-state index is 0.0902. The summed E-state index contributed by atoms with van der Waals surface area (Å²) >= 11 is 6.00. The number of rotatable bonds is 2. The molecule has 112 valence electrons. The lowest BCUT2D eigenvalue weighted by Crippen LogP contribution is -2.50. The van der Waals surface area contributed by atoms with Crippen molar-refractivity contribution in [2.24, 2.45) is 0 Å². The van der Waals surface area contributed by atoms with E-state index in [4.69, 9.17) is 11.6 Å². The van der Waals surface area contributed by atoms with Gasteiger partial charge in [0.05, 0.1) is 6.54 Å². The number of aromatic nitrogens is 2. The third-order valence-electron chi connectivity index (χ3n) is 3.45. The zero-order chi connectivity index (χ0) is 15.2. The average Bonchev–Trinajstić information content (AvgIpc) is 2.78. The molecule has 9 heteroatoms. The Balaban J connectivity index is 2.09. The molecule has 0 aliphatic carbocycles. The van der Waals surface area contributed by atoms with Crippen molar-refractivity contribution in [3.05, 3.63) is 29.5 Å². The zero-order valence-corrected chi connectivity index (χ0v) is 12.8. The van der Waals surface area contributed by atoms with E-state index in [2.05, 4.69) is 4.98 Å². The molecule has 1 aliphatic heterocycles. The summed E-state index contributed by atoms with van der Waals surface area (Å²) in [6, 6.07) is 5.10. The Labute approximate surface area is 126 Å². The molecule has 0 spiro atoms. The predicted octanol–water partition coefficient (Wildman–Crippen LogP) is 0.450. The van der Waals surface area contributed by atoms with Gasteiger partial charge in [0.2, 0.25) is 5.91 Å². The number of sulfonamides is 1. The average molecular weight is 329 g/mol. The maximum Gasteiger partial charge on any atom is 0.262 e. The van der Waals surface area contributed by atoms with Gasteiger partial charge in [-0.2, -0.15) is 4.31 Å². The maximum absolute atomic E-state index is 12.7. The first kappa shape index (κ1) is 14.3. The van der Waals surface area contributed by atoms with Crippen LogP contribution in [-0.2, 0) is 14.8 Å². The summed E-state index contributed by atoms with van der Waals surface area (Å²) in [7, 11) is -2.23. The van der Waals surface area contributed by atoms with Crippen LogP contribution in [0, 0.1) is 0 Å². The molecule has 1 fully saturated rings. The van der Waals surface area contributed by atoms with E-state index in [1.807, 2.05) is 0 Å². The first-order valence-electron chi connectivity index (χ1n) is 6.28. The molecular weight excluding hydrogens is 316 g/mol. The van der Waals surface area contributed by atoms with E-state index in [0.29, 0.717) is 12.2 Å². The fourth-order valence-electron chi connectivity index (χ4n) is 2.24. The summed E-state index contributed by atoms with van der Waals surface area (Å²) in [4.78, 5) is 17.3. The van der Waals surface area contributed by atoms with Crippen LogP contribution in [0.4, 0.5) is 0 Å². The number of carbonyl (C=O) groups is 1. The van der Waals surface area contributed by atoms with Gasteiger partial charge >= 0.3 is 0 Å². The number of fused-ring (bicyclic) bond motifs is 1. The molecular formula is C12H13ClN4O3S. The largest absolute Gasteiger partial charge is 0.343 e. The lowest BCUT2D eigenvalue weighted by atomic mass is 10.4. The summed E-state index contributed by atoms with van der Waals surface area (Å²) in [5.74, 6) is -0.241. The number of imidazole rings is 1. The van der Waals surface area contributed by atoms with E-state index in [9.17, 15) is 13.2 Å². The van der Waals surface area contributed by atoms with Gasteiger partial charge in [-0.3, -0.25) is 9.20 Å². The Morgan fingerprint density at radius 1 is 1.29 bits per heavy atom. The van der Waals surface area contributed by atoms with Crippen molar-refractivity contribution in [1.82, 2.24) is 18.6 Å². The lowest BCUT2D eigenvalue weighted by Gasteiger charge is -2.30. The topological polar surface area (TPSA) is 75.0 Å². The summed E-state index contributed by atoms with van der Waals surface area (Å²) in [5, 5.41) is -0.190. The van der Waals surface area contributed by atoms with Gasteiger partial charge in [0.15, 0.2) is 10.2 Å². The second kappa shape index (κ2) is 4.97. The first-order chi connectivity index (χ1) is 9.91. The SMILES string of the molecule is CN1CCN(S(=O)(=O)c2c(Cl)nc3ccccn23)CC1=O. The molecule has 0 unspecified atom stereocenters. The third kappa shape index (κ3) is 2.29. The van der Waals surface area contributed by atoms with Crippen LogP contribution in [0.25, 0.3) is 5.65 Å². The van der Waals surface area contributed by atoms with Crippen molar-refractivity contribution < 1.29 is 13.2 Å². The van der Waals surface area contributed by atoms with E-state index in [1.54, 1.807) is 31.4 Å². The van der Waals surface area contributed by atoms with Crippen LogP contribution < -0.4 is 0 Å². The van der Waals surface area contributed by atoms with Crippen LogP contribution in [0.2, 0.25) is 5.15 Å². The van der Waals surface area contributed by atoms with Crippen molar-refractivity contribution in [2.75, 3.05) is 26.7 Å². The molecule has 1 aliphatic rings. The second-order valence-electron chi connectivity index (χ2n) is 4.79. The Morgan fingerprint density at radius 3 is 2.76 bits per heavy atom. The van der Waals surface area contributed by atoms with E-state index in [0.717, 1.165) is 4.31 Å². The molecule has 0 radical (unpaired) electrons. The molecule has 2 aromatic rings. The number of carbonyl (C=O) groups excluding carboxylic acids is 1. The van der Waals surface area contributed by atoms with Crippen LogP contribution >= 0.6 is 11.6 Å². The molecule has 7 nitrogen and oxygen atoms in total. The highest BCUT2D eigenvalue weighted by Crippen LogP contribution is 2.26. The monoisotopic (exact) mass is 328 g/mol. The first-order valence-corrected chi connectivity index (χ1v) is 8.10. The molecule has 0 bridgehead atoms. The lowest BCUT2D eigenvalue weighted by molar-refractivity contribution is -0.132. The van der Waals surface area contributed by atoms with Crippen LogP contribution in [0.15, 0.2) is 29.4 Å². The van der Waals surface area contributed by atoms with Crippen molar-refractivity contribution in [1.29, 1.82) is 0 Å². The van der Waals surface area contributed by atoms with Gasteiger partial charge < -0.3 is 4.90 Å². The number of nitrogens with zero attached hydrogens (tertiary/aromatic N) is 4. The quantitative estimate of drug-likeness (QED) is 0.802. The number of halogens is 1. The van der Waals surface area contributed by atoms with Crippen molar-refractivity contribution in [2.45, 2.75) is 5.03 Å². The van der Waals surface area contributed by atoms with Gasteiger partial charge in [0, 0.05) is 26.3 Å². The van der Waals surface area contributed by atoms with Crippen LogP contribution in [0.3, 0.4) is 0 Å². The van der Waals surface area contributed by atoms with Crippen molar-refractivity contribution in [3.8, 4) is 0 Å². The number of likely N-dealkylation sites (N-methyl/N-ethyl adjacent to an activating group) is 1. The Hall–Kier alpha value is -1.64. The Morgan fingerprint density at radius 2 is 2.05 bits per heavy atom. The highest BCUT2D eigenvalue weighted by Gasteiger charge is 2.35. The normalized spacial score (nSPS) is 17.6. The summed E-state index contributed by atoms with van der Waals surface area (Å²) in [6.45, 7) is 0.405. The van der Waals surface area contributed by atoms with E-state index < -0.39 is 10.0 Å². The Kier molecular flexibility index (Phi) is 3.39. The molecule has 0 N–H and O–H groups in total. The fourth-order valence-corrected chi connectivity index (χ4v) is 4.22. The fraction of sp³-hybridized carbons (Fsp3) is 0.333. The number of hydrogen-bond acceptors (Lipinski definition) is 4. The van der Waals surface area contributed by atoms with Crippen molar-refractivity contribution in [3.63, 3.8) is 0 Å². The number of pyridine rings is 1. The number of amides is 1.